The Bertz CT molecular complexity index is 578. The zero-order valence-electron chi connectivity index (χ0n) is 16.3. The molecule has 0 radical (unpaired) electrons. The average Bonchev–Trinajstić information content (AvgIpc) is 3.53. The molecule has 5 heteroatoms. The number of nitrogens with zero attached hydrogens (tertiary/aromatic N) is 2. The van der Waals surface area contributed by atoms with E-state index in [2.05, 4.69) is 39.4 Å². The first-order chi connectivity index (χ1) is 12.8. The molecule has 4 nitrogen and oxygen atoms in total. The molecule has 4 rings (SSSR count). The van der Waals surface area contributed by atoms with Gasteiger partial charge in [0, 0.05) is 25.0 Å². The van der Waals surface area contributed by atoms with Crippen LogP contribution in [-0.2, 0) is 11.3 Å². The fourth-order valence-corrected chi connectivity index (χ4v) is 4.58. The van der Waals surface area contributed by atoms with Crippen LogP contribution in [0.3, 0.4) is 0 Å². The third kappa shape index (κ3) is 5.69. The summed E-state index contributed by atoms with van der Waals surface area (Å²) in [6.07, 6.45) is 7.08. The number of benzene rings is 1. The molecule has 0 bridgehead atoms. The number of hydrogen-bond acceptors (Lipinski definition) is 3. The number of amides is 1. The quantitative estimate of drug-likeness (QED) is 0.808. The highest BCUT2D eigenvalue weighted by molar-refractivity contribution is 5.85. The van der Waals surface area contributed by atoms with E-state index in [1.54, 1.807) is 0 Å². The van der Waals surface area contributed by atoms with Crippen molar-refractivity contribution in [3.05, 3.63) is 35.9 Å². The van der Waals surface area contributed by atoms with Crippen molar-refractivity contribution >= 4 is 18.3 Å². The minimum Gasteiger partial charge on any atom is -0.335 e. The Morgan fingerprint density at radius 1 is 1.00 bits per heavy atom. The number of rotatable bonds is 6. The summed E-state index contributed by atoms with van der Waals surface area (Å²) < 4.78 is 0. The van der Waals surface area contributed by atoms with Gasteiger partial charge in [-0.2, -0.15) is 0 Å². The van der Waals surface area contributed by atoms with E-state index < -0.39 is 0 Å². The highest BCUT2D eigenvalue weighted by Gasteiger charge is 2.37. The minimum atomic E-state index is 0. The molecular weight excluding hydrogens is 358 g/mol. The summed E-state index contributed by atoms with van der Waals surface area (Å²) >= 11 is 0. The Labute approximate surface area is 170 Å². The second-order valence-corrected chi connectivity index (χ2v) is 8.45. The van der Waals surface area contributed by atoms with Crippen molar-refractivity contribution in [1.29, 1.82) is 0 Å². The van der Waals surface area contributed by atoms with Crippen molar-refractivity contribution in [2.24, 2.45) is 11.8 Å². The zero-order valence-corrected chi connectivity index (χ0v) is 17.1. The van der Waals surface area contributed by atoms with E-state index >= 15 is 0 Å². The number of nitrogens with one attached hydrogen (secondary N) is 1. The van der Waals surface area contributed by atoms with Gasteiger partial charge in [0.25, 0.3) is 0 Å². The first-order valence-electron chi connectivity index (χ1n) is 10.6. The second-order valence-electron chi connectivity index (χ2n) is 8.45. The molecule has 3 fully saturated rings. The summed E-state index contributed by atoms with van der Waals surface area (Å²) in [6.45, 7) is 6.58. The molecule has 0 spiro atoms. The molecule has 1 saturated carbocycles. The van der Waals surface area contributed by atoms with Crippen LogP contribution in [0.5, 0.6) is 0 Å². The Hall–Kier alpha value is -1.10. The van der Waals surface area contributed by atoms with Gasteiger partial charge in [0.2, 0.25) is 5.91 Å². The summed E-state index contributed by atoms with van der Waals surface area (Å²) in [7, 11) is 0. The van der Waals surface area contributed by atoms with Crippen LogP contribution in [0, 0.1) is 11.8 Å². The van der Waals surface area contributed by atoms with Crippen molar-refractivity contribution in [1.82, 2.24) is 15.1 Å². The lowest BCUT2D eigenvalue weighted by Gasteiger charge is -2.36. The molecule has 150 valence electrons. The smallest absolute Gasteiger partial charge is 0.226 e. The van der Waals surface area contributed by atoms with Crippen LogP contribution < -0.4 is 5.32 Å². The predicted molar refractivity (Wildman–Crippen MR) is 112 cm³/mol. The van der Waals surface area contributed by atoms with E-state index in [9.17, 15) is 4.79 Å². The van der Waals surface area contributed by atoms with Crippen LogP contribution in [-0.4, -0.2) is 54.5 Å². The molecule has 0 aromatic heterocycles. The van der Waals surface area contributed by atoms with Crippen molar-refractivity contribution < 1.29 is 4.79 Å². The van der Waals surface area contributed by atoms with Gasteiger partial charge in [0.1, 0.15) is 0 Å². The van der Waals surface area contributed by atoms with Crippen LogP contribution >= 0.6 is 12.4 Å². The molecule has 2 aliphatic heterocycles. The lowest BCUT2D eigenvalue weighted by atomic mass is 9.92. The largest absolute Gasteiger partial charge is 0.335 e. The van der Waals surface area contributed by atoms with Crippen LogP contribution in [0.1, 0.15) is 44.1 Å². The van der Waals surface area contributed by atoms with Gasteiger partial charge in [-0.15, -0.1) is 12.4 Å². The maximum Gasteiger partial charge on any atom is 0.226 e. The Morgan fingerprint density at radius 2 is 1.67 bits per heavy atom. The number of halogens is 1. The van der Waals surface area contributed by atoms with Gasteiger partial charge < -0.3 is 15.1 Å². The Kier molecular flexibility index (Phi) is 7.57. The van der Waals surface area contributed by atoms with Gasteiger partial charge in [-0.1, -0.05) is 30.3 Å². The number of carbonyl (C=O) groups excluding carboxylic acids is 1. The van der Waals surface area contributed by atoms with Crippen molar-refractivity contribution in [3.8, 4) is 0 Å². The van der Waals surface area contributed by atoms with Gasteiger partial charge in [0.15, 0.2) is 0 Å². The summed E-state index contributed by atoms with van der Waals surface area (Å²) in [6, 6.07) is 11.0. The van der Waals surface area contributed by atoms with Crippen molar-refractivity contribution in [3.63, 3.8) is 0 Å². The zero-order chi connectivity index (χ0) is 17.8. The molecule has 1 aliphatic carbocycles. The third-order valence-electron chi connectivity index (χ3n) is 6.38. The molecule has 2 heterocycles. The maximum absolute atomic E-state index is 13.2. The normalized spacial score (nSPS) is 22.2. The third-order valence-corrected chi connectivity index (χ3v) is 6.38. The van der Waals surface area contributed by atoms with Crippen LogP contribution in [0.25, 0.3) is 0 Å². The molecule has 0 unspecified atom stereocenters. The lowest BCUT2D eigenvalue weighted by Crippen LogP contribution is -2.45. The Morgan fingerprint density at radius 3 is 2.30 bits per heavy atom. The van der Waals surface area contributed by atoms with Crippen molar-refractivity contribution in [2.75, 3.05) is 32.7 Å². The first kappa shape index (κ1) is 20.6. The van der Waals surface area contributed by atoms with E-state index in [4.69, 9.17) is 0 Å². The van der Waals surface area contributed by atoms with E-state index in [1.807, 2.05) is 6.07 Å². The van der Waals surface area contributed by atoms with Gasteiger partial charge >= 0.3 is 0 Å². The van der Waals surface area contributed by atoms with Gasteiger partial charge in [-0.25, -0.2) is 0 Å². The highest BCUT2D eigenvalue weighted by atomic mass is 35.5. The lowest BCUT2D eigenvalue weighted by molar-refractivity contribution is -0.138. The predicted octanol–water partition coefficient (Wildman–Crippen LogP) is 3.31. The molecular formula is C22H34ClN3O. The Balaban J connectivity index is 0.00000210. The number of carbonyl (C=O) groups is 1. The van der Waals surface area contributed by atoms with Crippen LogP contribution in [0.15, 0.2) is 30.3 Å². The fraction of sp³-hybridized carbons (Fsp3) is 0.682. The van der Waals surface area contributed by atoms with E-state index in [-0.39, 0.29) is 18.3 Å². The number of hydrogen-bond donors (Lipinski definition) is 1. The molecule has 1 aromatic rings. The minimum absolute atomic E-state index is 0. The first-order valence-corrected chi connectivity index (χ1v) is 10.6. The van der Waals surface area contributed by atoms with Crippen molar-refractivity contribution in [2.45, 2.75) is 51.1 Å². The van der Waals surface area contributed by atoms with Gasteiger partial charge in [-0.05, 0) is 76.2 Å². The molecule has 1 aromatic carbocycles. The summed E-state index contributed by atoms with van der Waals surface area (Å²) in [5.74, 6) is 1.51. The SMILES string of the molecule is Cl.O=C(C1CCN(CC2CCNCC2)CC1)N(Cc1ccccc1)C1CC1. The summed E-state index contributed by atoms with van der Waals surface area (Å²) in [5, 5.41) is 3.45. The monoisotopic (exact) mass is 391 g/mol. The number of likely N-dealkylation sites (tertiary alicyclic amines) is 1. The van der Waals surface area contributed by atoms with E-state index in [1.165, 1.54) is 50.9 Å². The molecule has 0 atom stereocenters. The standard InChI is InChI=1S/C22H33N3O.ClH/c26-22(25(21-6-7-21)17-18-4-2-1-3-5-18)20-10-14-24(15-11-20)16-19-8-12-23-13-9-19;/h1-5,19-21,23H,6-17H2;1H. The second kappa shape index (κ2) is 9.90. The van der Waals surface area contributed by atoms with E-state index in [0.29, 0.717) is 11.9 Å². The average molecular weight is 392 g/mol. The molecule has 27 heavy (non-hydrogen) atoms. The van der Waals surface area contributed by atoms with Gasteiger partial charge in [-0.3, -0.25) is 4.79 Å². The molecule has 2 saturated heterocycles. The van der Waals surface area contributed by atoms with Crippen LogP contribution in [0.2, 0.25) is 0 Å². The summed E-state index contributed by atoms with van der Waals surface area (Å²) in [4.78, 5) is 18.0. The van der Waals surface area contributed by atoms with Gasteiger partial charge in [0.05, 0.1) is 0 Å². The molecule has 3 aliphatic rings. The molecule has 1 amide bonds. The van der Waals surface area contributed by atoms with E-state index in [0.717, 1.165) is 38.4 Å². The summed E-state index contributed by atoms with van der Waals surface area (Å²) in [5.41, 5.74) is 1.26. The number of piperidine rings is 2. The topological polar surface area (TPSA) is 35.6 Å². The highest BCUT2D eigenvalue weighted by Crippen LogP contribution is 2.32. The fourth-order valence-electron chi connectivity index (χ4n) is 4.58. The maximum atomic E-state index is 13.2. The molecule has 1 N–H and O–H groups in total. The van der Waals surface area contributed by atoms with Crippen LogP contribution in [0.4, 0.5) is 0 Å².